The molecule has 0 amide bonds. The third-order valence-electron chi connectivity index (χ3n) is 9.00. The molecule has 0 aromatic rings. The minimum absolute atomic E-state index is 0.00836. The van der Waals surface area contributed by atoms with Crippen LogP contribution in [0.2, 0.25) is 0 Å². The average molecular weight is 973 g/mol. The Hall–Kier alpha value is -3.34. The summed E-state index contributed by atoms with van der Waals surface area (Å²) >= 11 is 0. The van der Waals surface area contributed by atoms with E-state index in [1.54, 1.807) is 42.5 Å². The predicted molar refractivity (Wildman–Crippen MR) is 257 cm³/mol. The van der Waals surface area contributed by atoms with E-state index in [0.717, 1.165) is 44.9 Å². The maximum Gasteiger partial charge on any atom is 0.472 e. The molecule has 0 aromatic heterocycles. The average Bonchev–Trinajstić information content (AvgIpc) is 3.27. The first kappa shape index (κ1) is 62.7. The van der Waals surface area contributed by atoms with Gasteiger partial charge in [-0.15, -0.1) is 0 Å². The summed E-state index contributed by atoms with van der Waals surface area (Å²) in [5.74, 6) is -1.47. The van der Waals surface area contributed by atoms with Crippen LogP contribution in [0.15, 0.2) is 109 Å². The number of hydrogen-bond donors (Lipinski definition) is 7. The molecule has 7 N–H and O–H groups in total. The number of hydrogen-bond acceptors (Lipinski definition) is 13. The number of phosphoric acid groups is 2. The zero-order valence-electron chi connectivity index (χ0n) is 38.8. The minimum atomic E-state index is -4.93. The first-order chi connectivity index (χ1) is 31.6. The molecule has 0 saturated carbocycles. The zero-order valence-corrected chi connectivity index (χ0v) is 40.6. The summed E-state index contributed by atoms with van der Waals surface area (Å²) in [5.41, 5.74) is 0. The van der Waals surface area contributed by atoms with Gasteiger partial charge in [0.2, 0.25) is 0 Å². The monoisotopic (exact) mass is 972 g/mol. The molecule has 66 heavy (non-hydrogen) atoms. The zero-order chi connectivity index (χ0) is 49.2. The maximum absolute atomic E-state index is 12.7. The van der Waals surface area contributed by atoms with E-state index < -0.39 is 84.5 Å². The van der Waals surface area contributed by atoms with Crippen LogP contribution >= 0.6 is 15.6 Å². The lowest BCUT2D eigenvalue weighted by molar-refractivity contribution is -0.161. The van der Waals surface area contributed by atoms with Gasteiger partial charge < -0.3 is 44.6 Å². The second kappa shape index (κ2) is 41.8. The lowest BCUT2D eigenvalue weighted by Gasteiger charge is -2.21. The van der Waals surface area contributed by atoms with Crippen LogP contribution in [0.25, 0.3) is 0 Å². The Morgan fingerprint density at radius 3 is 1.64 bits per heavy atom. The van der Waals surface area contributed by atoms with Gasteiger partial charge in [-0.2, -0.15) is 0 Å². The highest BCUT2D eigenvalue weighted by Gasteiger charge is 2.28. The molecule has 6 atom stereocenters. The third kappa shape index (κ3) is 43.2. The topological polar surface area (TPSA) is 256 Å². The number of aliphatic hydroxyl groups is 4. The Morgan fingerprint density at radius 2 is 1.05 bits per heavy atom. The highest BCUT2D eigenvalue weighted by Crippen LogP contribution is 2.43. The van der Waals surface area contributed by atoms with Crippen molar-refractivity contribution in [2.24, 2.45) is 0 Å². The van der Waals surface area contributed by atoms with Crippen LogP contribution in [-0.4, -0.2) is 104 Å². The van der Waals surface area contributed by atoms with E-state index in [2.05, 4.69) is 59.4 Å². The molecule has 0 bridgehead atoms. The molecule has 0 aromatic carbocycles. The number of carbonyl (C=O) groups excluding carboxylic acids is 2. The second-order valence-corrected chi connectivity index (χ2v) is 17.9. The number of rotatable bonds is 41. The predicted octanol–water partition coefficient (Wildman–Crippen LogP) is 8.81. The van der Waals surface area contributed by atoms with Crippen molar-refractivity contribution >= 4 is 27.6 Å². The lowest BCUT2D eigenvalue weighted by Crippen LogP contribution is -2.30. The van der Waals surface area contributed by atoms with Crippen molar-refractivity contribution in [2.45, 2.75) is 154 Å². The lowest BCUT2D eigenvalue weighted by atomic mass is 10.1. The molecule has 16 nitrogen and oxygen atoms in total. The second-order valence-electron chi connectivity index (χ2n) is 15.2. The summed E-state index contributed by atoms with van der Waals surface area (Å²) in [7, 11) is -9.85. The van der Waals surface area contributed by atoms with Gasteiger partial charge in [-0.3, -0.25) is 23.2 Å². The molecule has 0 fully saturated rings. The summed E-state index contributed by atoms with van der Waals surface area (Å²) in [6.07, 6.45) is 40.2. The van der Waals surface area contributed by atoms with Gasteiger partial charge in [-0.05, 0) is 64.2 Å². The van der Waals surface area contributed by atoms with Crippen molar-refractivity contribution in [3.63, 3.8) is 0 Å². The van der Waals surface area contributed by atoms with E-state index in [-0.39, 0.29) is 25.7 Å². The fourth-order valence-corrected chi connectivity index (χ4v) is 6.52. The molecule has 0 radical (unpaired) electrons. The Labute approximate surface area is 392 Å². The molecule has 0 aliphatic rings. The van der Waals surface area contributed by atoms with Crippen molar-refractivity contribution in [3.05, 3.63) is 109 Å². The fraction of sp³-hybridized carbons (Fsp3) is 0.583. The summed E-state index contributed by atoms with van der Waals surface area (Å²) < 4.78 is 47.5. The van der Waals surface area contributed by atoms with E-state index >= 15 is 0 Å². The Balaban J connectivity index is 4.94. The van der Waals surface area contributed by atoms with Gasteiger partial charge in [0.1, 0.15) is 12.7 Å². The van der Waals surface area contributed by atoms with Gasteiger partial charge in [0.25, 0.3) is 0 Å². The van der Waals surface area contributed by atoms with E-state index in [0.29, 0.717) is 19.3 Å². The number of allylic oxidation sites excluding steroid dienone is 16. The van der Waals surface area contributed by atoms with Gasteiger partial charge >= 0.3 is 27.6 Å². The molecule has 18 heteroatoms. The summed E-state index contributed by atoms with van der Waals surface area (Å²) in [6, 6.07) is 0. The molecule has 0 saturated heterocycles. The van der Waals surface area contributed by atoms with Crippen LogP contribution in [0.4, 0.5) is 0 Å². The Bertz CT molecular complexity index is 1630. The largest absolute Gasteiger partial charge is 0.472 e. The summed E-state index contributed by atoms with van der Waals surface area (Å²) in [4.78, 5) is 52.8. The maximum atomic E-state index is 12.7. The number of aliphatic hydroxyl groups excluding tert-OH is 4. The molecule has 1 unspecified atom stereocenters. The van der Waals surface area contributed by atoms with E-state index in [9.17, 15) is 44.0 Å². The molecule has 376 valence electrons. The smallest absolute Gasteiger partial charge is 0.462 e. The van der Waals surface area contributed by atoms with Crippen LogP contribution in [0, 0.1) is 0 Å². The summed E-state index contributed by atoms with van der Waals surface area (Å²) in [6.45, 7) is 1.13. The van der Waals surface area contributed by atoms with Gasteiger partial charge in [0.05, 0.1) is 38.1 Å². The van der Waals surface area contributed by atoms with Crippen LogP contribution in [-0.2, 0) is 41.8 Å². The number of esters is 2. The normalized spacial score (nSPS) is 16.3. The molecular formula is C48H78O16P2. The summed E-state index contributed by atoms with van der Waals surface area (Å²) in [5, 5.41) is 40.3. The van der Waals surface area contributed by atoms with Gasteiger partial charge in [-0.25, -0.2) is 9.13 Å². The van der Waals surface area contributed by atoms with Crippen molar-refractivity contribution in [1.29, 1.82) is 0 Å². The number of ether oxygens (including phenoxy) is 2. The molecule has 0 spiro atoms. The SMILES string of the molecule is CCCCC/C=C\C/C=C\C/C=C\C/C=C\C/C=C\CCC(=O)OC[C@H](COP(=O)(O)OC[C@@H](O)COP(=O)(O)O)OC(=O)CCC[C@H](O)[C@@H](O)/C=C/C=C/C=C\C=C\[C@@H](O)CCCCC. The van der Waals surface area contributed by atoms with Crippen LogP contribution in [0.1, 0.15) is 123 Å². The van der Waals surface area contributed by atoms with E-state index in [1.807, 2.05) is 24.3 Å². The van der Waals surface area contributed by atoms with Crippen LogP contribution in [0.3, 0.4) is 0 Å². The molecule has 0 heterocycles. The number of carbonyl (C=O) groups is 2. The van der Waals surface area contributed by atoms with E-state index in [4.69, 9.17) is 23.8 Å². The van der Waals surface area contributed by atoms with Crippen molar-refractivity contribution in [2.75, 3.05) is 26.4 Å². The van der Waals surface area contributed by atoms with Crippen molar-refractivity contribution in [3.8, 4) is 0 Å². The van der Waals surface area contributed by atoms with Gasteiger partial charge in [0, 0.05) is 12.8 Å². The standard InChI is InChI=1S/C48H78O16P2/c1-3-5-7-8-9-10-11-12-13-14-15-16-17-18-19-20-21-26-30-36-47(53)60-40-44(41-63-66(58,59)62-39-43(50)38-61-65(55,56)57)64-48(54)37-31-35-46(52)45(51)34-29-25-23-22-24-28-33-42(49)32-27-6-4-2/h9-10,12-13,15-16,18-19,21-26,28-29,33-34,42-46,49-52H,3-8,11,14,17,20,27,30-32,35-41H2,1-2H3,(H,58,59)(H2,55,56,57)/b10-9-,13-12-,16-15-,19-18-,24-22-,25-23+,26-21-,33-28+,34-29+/t42-,43-,44+,45-,46-/m0/s1. The molecule has 0 aliphatic carbocycles. The Kier molecular flexibility index (Phi) is 39.7. The van der Waals surface area contributed by atoms with Crippen LogP contribution in [0.5, 0.6) is 0 Å². The van der Waals surface area contributed by atoms with Crippen molar-refractivity contribution < 1.29 is 76.9 Å². The first-order valence-electron chi connectivity index (χ1n) is 22.9. The van der Waals surface area contributed by atoms with E-state index in [1.165, 1.54) is 25.3 Å². The Morgan fingerprint density at radius 1 is 0.530 bits per heavy atom. The van der Waals surface area contributed by atoms with Crippen molar-refractivity contribution in [1.82, 2.24) is 0 Å². The molecular weight excluding hydrogens is 894 g/mol. The fourth-order valence-electron chi connectivity index (χ4n) is 5.36. The quantitative estimate of drug-likeness (QED) is 0.00993. The first-order valence-corrected chi connectivity index (χ1v) is 25.9. The van der Waals surface area contributed by atoms with Crippen LogP contribution < -0.4 is 0 Å². The highest BCUT2D eigenvalue weighted by atomic mass is 31.2. The number of phosphoric ester groups is 2. The van der Waals surface area contributed by atoms with Gasteiger partial charge in [0.15, 0.2) is 6.10 Å². The minimum Gasteiger partial charge on any atom is -0.462 e. The third-order valence-corrected chi connectivity index (χ3v) is 10.4. The highest BCUT2D eigenvalue weighted by molar-refractivity contribution is 7.47. The molecule has 0 rings (SSSR count). The van der Waals surface area contributed by atoms with Gasteiger partial charge in [-0.1, -0.05) is 155 Å². The molecule has 0 aliphatic heterocycles. The number of unbranched alkanes of at least 4 members (excludes halogenated alkanes) is 5.